The van der Waals surface area contributed by atoms with Crippen molar-refractivity contribution in [2.45, 2.75) is 52.1 Å². The Balaban J connectivity index is 2.06. The first-order valence-electron chi connectivity index (χ1n) is 6.13. The molecule has 1 atom stereocenters. The summed E-state index contributed by atoms with van der Waals surface area (Å²) in [6.45, 7) is 6.31. The number of aromatic nitrogens is 2. The molecule has 3 nitrogen and oxygen atoms in total. The highest BCUT2D eigenvalue weighted by molar-refractivity contribution is 6.30. The maximum Gasteiger partial charge on any atom is 0.0785 e. The molecule has 1 N–H and O–H groups in total. The summed E-state index contributed by atoms with van der Waals surface area (Å²) in [5, 5.41) is 8.33. The van der Waals surface area contributed by atoms with E-state index in [0.29, 0.717) is 11.1 Å². The van der Waals surface area contributed by atoms with Crippen molar-refractivity contribution in [2.24, 2.45) is 0 Å². The molecule has 1 heterocycles. The number of hydrogen-bond donors (Lipinski definition) is 1. The Morgan fingerprint density at radius 3 is 2.94 bits per heavy atom. The molecule has 0 radical (unpaired) electrons. The molecule has 0 amide bonds. The van der Waals surface area contributed by atoms with E-state index in [0.717, 1.165) is 13.1 Å². The number of rotatable bonds is 8. The van der Waals surface area contributed by atoms with Crippen molar-refractivity contribution in [3.8, 4) is 0 Å². The quantitative estimate of drug-likeness (QED) is 0.711. The molecule has 4 heteroatoms. The van der Waals surface area contributed by atoms with Gasteiger partial charge in [-0.3, -0.25) is 4.68 Å². The van der Waals surface area contributed by atoms with Crippen molar-refractivity contribution in [3.05, 3.63) is 17.4 Å². The normalized spacial score (nSPS) is 12.9. The van der Waals surface area contributed by atoms with Gasteiger partial charge in [0.05, 0.1) is 17.8 Å². The Kier molecular flexibility index (Phi) is 6.50. The molecule has 0 aliphatic carbocycles. The monoisotopic (exact) mass is 243 g/mol. The zero-order valence-electron chi connectivity index (χ0n) is 10.2. The van der Waals surface area contributed by atoms with E-state index in [9.17, 15) is 0 Å². The van der Waals surface area contributed by atoms with Gasteiger partial charge in [-0.2, -0.15) is 5.10 Å². The van der Waals surface area contributed by atoms with Gasteiger partial charge in [0.2, 0.25) is 0 Å². The van der Waals surface area contributed by atoms with Crippen LogP contribution in [0.15, 0.2) is 12.4 Å². The summed E-state index contributed by atoms with van der Waals surface area (Å²) in [5.41, 5.74) is 0. The summed E-state index contributed by atoms with van der Waals surface area (Å²) in [7, 11) is 0. The molecule has 1 aromatic rings. The fraction of sp³-hybridized carbons (Fsp3) is 0.750. The number of unbranched alkanes of at least 4 members (excludes halogenated alkanes) is 2. The molecule has 1 rings (SSSR count). The van der Waals surface area contributed by atoms with Crippen molar-refractivity contribution in [1.29, 1.82) is 0 Å². The van der Waals surface area contributed by atoms with E-state index >= 15 is 0 Å². The average molecular weight is 244 g/mol. The fourth-order valence-electron chi connectivity index (χ4n) is 1.69. The Hall–Kier alpha value is -0.540. The summed E-state index contributed by atoms with van der Waals surface area (Å²) < 4.78 is 1.87. The molecule has 0 saturated carbocycles. The van der Waals surface area contributed by atoms with Crippen LogP contribution in [0, 0.1) is 0 Å². The van der Waals surface area contributed by atoms with Crippen molar-refractivity contribution in [3.63, 3.8) is 0 Å². The smallest absolute Gasteiger partial charge is 0.0785 e. The Bertz CT molecular complexity index is 286. The van der Waals surface area contributed by atoms with E-state index in [2.05, 4.69) is 24.3 Å². The molecule has 92 valence electrons. The van der Waals surface area contributed by atoms with E-state index < -0.39 is 0 Å². The van der Waals surface area contributed by atoms with Crippen molar-refractivity contribution in [1.82, 2.24) is 15.1 Å². The van der Waals surface area contributed by atoms with Gasteiger partial charge in [-0.25, -0.2) is 0 Å². The van der Waals surface area contributed by atoms with E-state index in [1.807, 2.05) is 10.9 Å². The summed E-state index contributed by atoms with van der Waals surface area (Å²) in [6.07, 6.45) is 8.72. The van der Waals surface area contributed by atoms with Crippen LogP contribution in [0.5, 0.6) is 0 Å². The third kappa shape index (κ3) is 5.52. The Morgan fingerprint density at radius 1 is 1.50 bits per heavy atom. The van der Waals surface area contributed by atoms with Gasteiger partial charge in [0.15, 0.2) is 0 Å². The van der Waals surface area contributed by atoms with Crippen LogP contribution < -0.4 is 5.32 Å². The molecule has 16 heavy (non-hydrogen) atoms. The van der Waals surface area contributed by atoms with Crippen LogP contribution in [0.4, 0.5) is 0 Å². The summed E-state index contributed by atoms with van der Waals surface area (Å²) in [5.74, 6) is 0. The van der Waals surface area contributed by atoms with Gasteiger partial charge in [0, 0.05) is 18.8 Å². The Morgan fingerprint density at radius 2 is 2.31 bits per heavy atom. The van der Waals surface area contributed by atoms with Crippen molar-refractivity contribution >= 4 is 11.6 Å². The Labute approximate surface area is 103 Å². The van der Waals surface area contributed by atoms with E-state index in [1.165, 1.54) is 25.7 Å². The lowest BCUT2D eigenvalue weighted by Gasteiger charge is -2.13. The summed E-state index contributed by atoms with van der Waals surface area (Å²) in [4.78, 5) is 0. The zero-order valence-corrected chi connectivity index (χ0v) is 11.0. The van der Waals surface area contributed by atoms with Gasteiger partial charge in [-0.05, 0) is 13.3 Å². The first kappa shape index (κ1) is 13.5. The first-order chi connectivity index (χ1) is 7.72. The third-order valence-electron chi connectivity index (χ3n) is 2.68. The minimum absolute atomic E-state index is 0.595. The molecule has 0 spiro atoms. The van der Waals surface area contributed by atoms with Gasteiger partial charge in [0.25, 0.3) is 0 Å². The zero-order chi connectivity index (χ0) is 11.8. The molecule has 0 aliphatic rings. The average Bonchev–Trinajstić information content (AvgIpc) is 2.65. The van der Waals surface area contributed by atoms with E-state index in [4.69, 9.17) is 11.6 Å². The highest BCUT2D eigenvalue weighted by atomic mass is 35.5. The SMILES string of the molecule is CCCCCC(C)NCCn1cc(Cl)cn1. The number of nitrogens with zero attached hydrogens (tertiary/aromatic N) is 2. The lowest BCUT2D eigenvalue weighted by atomic mass is 10.1. The van der Waals surface area contributed by atoms with Gasteiger partial charge >= 0.3 is 0 Å². The van der Waals surface area contributed by atoms with Crippen molar-refractivity contribution < 1.29 is 0 Å². The largest absolute Gasteiger partial charge is 0.312 e. The first-order valence-corrected chi connectivity index (χ1v) is 6.51. The maximum absolute atomic E-state index is 5.78. The van der Waals surface area contributed by atoms with E-state index in [-0.39, 0.29) is 0 Å². The van der Waals surface area contributed by atoms with Gasteiger partial charge in [-0.15, -0.1) is 0 Å². The topological polar surface area (TPSA) is 29.9 Å². The maximum atomic E-state index is 5.78. The predicted octanol–water partition coefficient (Wildman–Crippen LogP) is 3.09. The van der Waals surface area contributed by atoms with Crippen LogP contribution >= 0.6 is 11.6 Å². The van der Waals surface area contributed by atoms with Crippen LogP contribution in [0.25, 0.3) is 0 Å². The molecule has 0 saturated heterocycles. The van der Waals surface area contributed by atoms with Gasteiger partial charge in [0.1, 0.15) is 0 Å². The minimum atomic E-state index is 0.595. The fourth-order valence-corrected chi connectivity index (χ4v) is 1.85. The molecule has 0 aromatic carbocycles. The molecular weight excluding hydrogens is 222 g/mol. The molecule has 1 aromatic heterocycles. The summed E-state index contributed by atoms with van der Waals surface area (Å²) in [6, 6.07) is 0.595. The second-order valence-corrected chi connectivity index (χ2v) is 4.71. The van der Waals surface area contributed by atoms with Crippen LogP contribution in [-0.4, -0.2) is 22.4 Å². The van der Waals surface area contributed by atoms with Crippen LogP contribution in [0.1, 0.15) is 39.5 Å². The van der Waals surface area contributed by atoms with Crippen LogP contribution in [-0.2, 0) is 6.54 Å². The standard InChI is InChI=1S/C12H22ClN3/c1-3-4-5-6-11(2)14-7-8-16-10-12(13)9-15-16/h9-11,14H,3-8H2,1-2H3. The molecule has 0 aliphatic heterocycles. The summed E-state index contributed by atoms with van der Waals surface area (Å²) >= 11 is 5.78. The lowest BCUT2D eigenvalue weighted by molar-refractivity contribution is 0.460. The van der Waals surface area contributed by atoms with Gasteiger partial charge < -0.3 is 5.32 Å². The number of halogens is 1. The predicted molar refractivity (Wildman–Crippen MR) is 68.8 cm³/mol. The molecule has 1 unspecified atom stereocenters. The molecule has 0 fully saturated rings. The number of hydrogen-bond acceptors (Lipinski definition) is 2. The highest BCUT2D eigenvalue weighted by Crippen LogP contribution is 2.04. The molecular formula is C12H22ClN3. The van der Waals surface area contributed by atoms with Crippen molar-refractivity contribution in [2.75, 3.05) is 6.54 Å². The van der Waals surface area contributed by atoms with Crippen LogP contribution in [0.3, 0.4) is 0 Å². The van der Waals surface area contributed by atoms with E-state index in [1.54, 1.807) is 6.20 Å². The second kappa shape index (κ2) is 7.69. The van der Waals surface area contributed by atoms with Gasteiger partial charge in [-0.1, -0.05) is 37.8 Å². The number of nitrogens with one attached hydrogen (secondary N) is 1. The third-order valence-corrected chi connectivity index (χ3v) is 2.87. The minimum Gasteiger partial charge on any atom is -0.312 e. The highest BCUT2D eigenvalue weighted by Gasteiger charge is 2.01. The second-order valence-electron chi connectivity index (χ2n) is 4.27. The van der Waals surface area contributed by atoms with Crippen LogP contribution in [0.2, 0.25) is 5.02 Å². The lowest BCUT2D eigenvalue weighted by Crippen LogP contribution is -2.29. The molecule has 0 bridgehead atoms.